The van der Waals surface area contributed by atoms with Gasteiger partial charge >= 0.3 is 8.25 Å². The van der Waals surface area contributed by atoms with E-state index in [0.717, 1.165) is 36.8 Å². The van der Waals surface area contributed by atoms with Crippen LogP contribution in [0.15, 0.2) is 23.5 Å². The standard InChI is InChI=1S/C11H16NO4P/c1-12(2)11(13)10-6-4-3-5-9(10)7-8-16-17(14)15/h7-8H,3-6H2,1-2H3/p+1/b8-7+. The lowest BCUT2D eigenvalue weighted by molar-refractivity contribution is -0.125. The predicted molar refractivity (Wildman–Crippen MR) is 64.2 cm³/mol. The second-order valence-corrected chi connectivity index (χ2v) is 4.74. The second-order valence-electron chi connectivity index (χ2n) is 4.06. The summed E-state index contributed by atoms with van der Waals surface area (Å²) in [6.45, 7) is 0. The van der Waals surface area contributed by atoms with E-state index in [1.54, 1.807) is 25.1 Å². The molecule has 0 heterocycles. The summed E-state index contributed by atoms with van der Waals surface area (Å²) in [5, 5.41) is 0. The van der Waals surface area contributed by atoms with Crippen molar-refractivity contribution >= 4 is 14.2 Å². The number of hydrogen-bond acceptors (Lipinski definition) is 3. The van der Waals surface area contributed by atoms with Crippen LogP contribution in [0.5, 0.6) is 0 Å². The highest BCUT2D eigenvalue weighted by Crippen LogP contribution is 2.27. The van der Waals surface area contributed by atoms with Crippen LogP contribution in [0.3, 0.4) is 0 Å². The quantitative estimate of drug-likeness (QED) is 0.619. The smallest absolute Gasteiger partial charge is 0.345 e. The minimum atomic E-state index is -2.62. The molecule has 0 saturated carbocycles. The van der Waals surface area contributed by atoms with Crippen LogP contribution in [0.1, 0.15) is 25.7 Å². The molecule has 0 aromatic heterocycles. The van der Waals surface area contributed by atoms with Crippen LogP contribution in [-0.4, -0.2) is 29.8 Å². The van der Waals surface area contributed by atoms with Gasteiger partial charge in [-0.05, 0) is 37.3 Å². The van der Waals surface area contributed by atoms with Crippen LogP contribution >= 0.6 is 8.25 Å². The van der Waals surface area contributed by atoms with E-state index in [4.69, 9.17) is 4.89 Å². The molecular weight excluding hydrogens is 241 g/mol. The Morgan fingerprint density at radius 1 is 1.41 bits per heavy atom. The summed E-state index contributed by atoms with van der Waals surface area (Å²) < 4.78 is 14.8. The average molecular weight is 258 g/mol. The van der Waals surface area contributed by atoms with Gasteiger partial charge in [-0.3, -0.25) is 4.79 Å². The summed E-state index contributed by atoms with van der Waals surface area (Å²) in [5.74, 6) is -0.00210. The van der Waals surface area contributed by atoms with Crippen LogP contribution < -0.4 is 0 Å². The molecule has 1 amide bonds. The summed E-state index contributed by atoms with van der Waals surface area (Å²) >= 11 is 0. The molecule has 0 aromatic rings. The van der Waals surface area contributed by atoms with Gasteiger partial charge in [0, 0.05) is 24.2 Å². The molecule has 0 aliphatic heterocycles. The topological polar surface area (TPSA) is 66.8 Å². The number of nitrogens with zero attached hydrogens (tertiary/aromatic N) is 1. The first-order valence-corrected chi connectivity index (χ1v) is 6.58. The predicted octanol–water partition coefficient (Wildman–Crippen LogP) is 2.13. The third-order valence-corrected chi connectivity index (χ3v) is 2.90. The fourth-order valence-electron chi connectivity index (χ4n) is 1.79. The number of hydrogen-bond donors (Lipinski definition) is 1. The van der Waals surface area contributed by atoms with Gasteiger partial charge in [0.2, 0.25) is 5.91 Å². The molecule has 1 atom stereocenters. The van der Waals surface area contributed by atoms with Gasteiger partial charge in [-0.2, -0.15) is 0 Å². The van der Waals surface area contributed by atoms with E-state index in [0.29, 0.717) is 0 Å². The van der Waals surface area contributed by atoms with Crippen LogP contribution in [-0.2, 0) is 13.9 Å². The Morgan fingerprint density at radius 2 is 2.06 bits per heavy atom. The van der Waals surface area contributed by atoms with Crippen molar-refractivity contribution in [2.75, 3.05) is 14.1 Å². The number of carbonyl (C=O) groups excluding carboxylic acids is 1. The number of amides is 1. The molecule has 17 heavy (non-hydrogen) atoms. The SMILES string of the molecule is CN(C)C(=O)C1=C(/C=C/O[P+](=O)O)CCCC1. The fourth-order valence-corrected chi connectivity index (χ4v) is 1.96. The van der Waals surface area contributed by atoms with Gasteiger partial charge in [-0.25, -0.2) is 4.52 Å². The zero-order valence-electron chi connectivity index (χ0n) is 10.0. The van der Waals surface area contributed by atoms with Crippen molar-refractivity contribution in [1.29, 1.82) is 0 Å². The Kier molecular flexibility index (Phi) is 5.32. The van der Waals surface area contributed by atoms with Crippen molar-refractivity contribution < 1.29 is 18.8 Å². The van der Waals surface area contributed by atoms with Gasteiger partial charge in [-0.1, -0.05) is 0 Å². The molecule has 0 bridgehead atoms. The largest absolute Gasteiger partial charge is 0.746 e. The van der Waals surface area contributed by atoms with Gasteiger partial charge in [0.15, 0.2) is 6.26 Å². The fraction of sp³-hybridized carbons (Fsp3) is 0.545. The normalized spacial score (nSPS) is 17.2. The number of carbonyl (C=O) groups is 1. The minimum Gasteiger partial charge on any atom is -0.345 e. The molecule has 0 fully saturated rings. The highest BCUT2D eigenvalue weighted by atomic mass is 31.1. The van der Waals surface area contributed by atoms with Gasteiger partial charge in [-0.15, -0.1) is 4.89 Å². The van der Waals surface area contributed by atoms with Gasteiger partial charge in [0.25, 0.3) is 0 Å². The van der Waals surface area contributed by atoms with E-state index < -0.39 is 8.25 Å². The third-order valence-electron chi connectivity index (χ3n) is 2.60. The molecule has 1 aliphatic rings. The summed E-state index contributed by atoms with van der Waals surface area (Å²) in [4.78, 5) is 21.9. The summed E-state index contributed by atoms with van der Waals surface area (Å²) in [5.41, 5.74) is 1.67. The molecule has 1 unspecified atom stereocenters. The molecule has 1 aliphatic carbocycles. The Bertz CT molecular complexity index is 374. The van der Waals surface area contributed by atoms with Gasteiger partial charge in [0.1, 0.15) is 0 Å². The number of likely N-dealkylation sites (N-methyl/N-ethyl adjacent to an activating group) is 1. The van der Waals surface area contributed by atoms with E-state index >= 15 is 0 Å². The average Bonchev–Trinajstić information content (AvgIpc) is 2.28. The molecule has 5 nitrogen and oxygen atoms in total. The van der Waals surface area contributed by atoms with Crippen LogP contribution in [0, 0.1) is 0 Å². The molecule has 0 saturated heterocycles. The maximum atomic E-state index is 11.9. The molecule has 6 heteroatoms. The Morgan fingerprint density at radius 3 is 2.65 bits per heavy atom. The van der Waals surface area contributed by atoms with Crippen molar-refractivity contribution in [1.82, 2.24) is 4.90 Å². The van der Waals surface area contributed by atoms with Crippen molar-refractivity contribution in [2.24, 2.45) is 0 Å². The lowest BCUT2D eigenvalue weighted by Gasteiger charge is -2.20. The first-order valence-electron chi connectivity index (χ1n) is 5.45. The Balaban J connectivity index is 2.84. The highest BCUT2D eigenvalue weighted by molar-refractivity contribution is 7.32. The van der Waals surface area contributed by atoms with Crippen molar-refractivity contribution in [3.63, 3.8) is 0 Å². The lowest BCUT2D eigenvalue weighted by Crippen LogP contribution is -2.25. The van der Waals surface area contributed by atoms with Crippen LogP contribution in [0.4, 0.5) is 0 Å². The minimum absolute atomic E-state index is 0.00210. The first-order chi connectivity index (χ1) is 8.02. The lowest BCUT2D eigenvalue weighted by atomic mass is 9.91. The monoisotopic (exact) mass is 258 g/mol. The van der Waals surface area contributed by atoms with Crippen molar-refractivity contribution in [3.8, 4) is 0 Å². The van der Waals surface area contributed by atoms with Gasteiger partial charge < -0.3 is 4.90 Å². The van der Waals surface area contributed by atoms with E-state index in [2.05, 4.69) is 4.52 Å². The molecule has 94 valence electrons. The molecule has 0 radical (unpaired) electrons. The molecule has 1 N–H and O–H groups in total. The number of allylic oxidation sites excluding steroid dienone is 2. The molecular formula is C11H17NO4P+. The number of rotatable bonds is 4. The van der Waals surface area contributed by atoms with E-state index in [1.807, 2.05) is 0 Å². The Labute approximate surface area is 102 Å². The van der Waals surface area contributed by atoms with E-state index in [9.17, 15) is 9.36 Å². The maximum absolute atomic E-state index is 11.9. The Hall–Kier alpha value is -1.19. The van der Waals surface area contributed by atoms with E-state index in [-0.39, 0.29) is 5.91 Å². The summed E-state index contributed by atoms with van der Waals surface area (Å²) in [7, 11) is 0.805. The summed E-state index contributed by atoms with van der Waals surface area (Å²) in [6.07, 6.45) is 6.37. The summed E-state index contributed by atoms with van der Waals surface area (Å²) in [6, 6.07) is 0. The highest BCUT2D eigenvalue weighted by Gasteiger charge is 2.19. The van der Waals surface area contributed by atoms with Crippen LogP contribution in [0.25, 0.3) is 0 Å². The zero-order valence-corrected chi connectivity index (χ0v) is 10.9. The van der Waals surface area contributed by atoms with Crippen LogP contribution in [0.2, 0.25) is 0 Å². The van der Waals surface area contributed by atoms with Gasteiger partial charge in [0.05, 0.1) is 0 Å². The second kappa shape index (κ2) is 6.52. The van der Waals surface area contributed by atoms with Crippen molar-refractivity contribution in [3.05, 3.63) is 23.5 Å². The zero-order chi connectivity index (χ0) is 12.8. The van der Waals surface area contributed by atoms with E-state index in [1.165, 1.54) is 6.26 Å². The molecule has 0 aromatic carbocycles. The first kappa shape index (κ1) is 13.9. The van der Waals surface area contributed by atoms with Crippen molar-refractivity contribution in [2.45, 2.75) is 25.7 Å². The molecule has 0 spiro atoms. The third kappa shape index (κ3) is 4.29. The maximum Gasteiger partial charge on any atom is 0.746 e. The molecule has 1 rings (SSSR count).